The molecule has 0 spiro atoms. The minimum Gasteiger partial charge on any atom is -0.382 e. The lowest BCUT2D eigenvalue weighted by Crippen LogP contribution is -2.25. The number of nitrogens with zero attached hydrogens (tertiary/aromatic N) is 1. The Morgan fingerprint density at radius 2 is 2.00 bits per heavy atom. The first-order valence-corrected chi connectivity index (χ1v) is 6.90. The molecule has 0 bridgehead atoms. The SMILES string of the molecule is Cc1cc(Br)ccc1NC1CCC(C#N)CC1. The maximum atomic E-state index is 8.87. The predicted molar refractivity (Wildman–Crippen MR) is 73.9 cm³/mol. The summed E-state index contributed by atoms with van der Waals surface area (Å²) in [7, 11) is 0. The molecule has 1 aliphatic carbocycles. The fourth-order valence-electron chi connectivity index (χ4n) is 2.38. The first-order valence-electron chi connectivity index (χ1n) is 6.11. The first kappa shape index (κ1) is 12.4. The van der Waals surface area contributed by atoms with Gasteiger partial charge in [0.1, 0.15) is 0 Å². The van der Waals surface area contributed by atoms with Crippen LogP contribution in [0.3, 0.4) is 0 Å². The fourth-order valence-corrected chi connectivity index (χ4v) is 2.85. The Balaban J connectivity index is 1.96. The highest BCUT2D eigenvalue weighted by molar-refractivity contribution is 9.10. The molecule has 0 aromatic heterocycles. The summed E-state index contributed by atoms with van der Waals surface area (Å²) in [5, 5.41) is 12.5. The standard InChI is InChI=1S/C14H17BrN2/c1-10-8-12(15)4-7-14(10)17-13-5-2-11(9-16)3-6-13/h4,7-8,11,13,17H,2-3,5-6H2,1H3. The Morgan fingerprint density at radius 1 is 1.29 bits per heavy atom. The lowest BCUT2D eigenvalue weighted by Gasteiger charge is -2.27. The second-order valence-corrected chi connectivity index (χ2v) is 5.70. The number of nitrogens with one attached hydrogen (secondary N) is 1. The van der Waals surface area contributed by atoms with Crippen LogP contribution >= 0.6 is 15.9 Å². The van der Waals surface area contributed by atoms with Gasteiger partial charge in [-0.2, -0.15) is 5.26 Å². The highest BCUT2D eigenvalue weighted by Crippen LogP contribution is 2.28. The zero-order valence-corrected chi connectivity index (χ0v) is 11.6. The molecule has 1 fully saturated rings. The lowest BCUT2D eigenvalue weighted by atomic mass is 9.87. The fraction of sp³-hybridized carbons (Fsp3) is 0.500. The second kappa shape index (κ2) is 5.55. The molecule has 0 radical (unpaired) electrons. The molecule has 0 unspecified atom stereocenters. The molecule has 90 valence electrons. The third-order valence-electron chi connectivity index (χ3n) is 3.46. The van der Waals surface area contributed by atoms with Crippen molar-refractivity contribution in [2.75, 3.05) is 5.32 Å². The monoisotopic (exact) mass is 292 g/mol. The molecule has 2 nitrogen and oxygen atoms in total. The van der Waals surface area contributed by atoms with Gasteiger partial charge in [-0.3, -0.25) is 0 Å². The maximum Gasteiger partial charge on any atom is 0.0655 e. The van der Waals surface area contributed by atoms with Gasteiger partial charge in [-0.15, -0.1) is 0 Å². The molecule has 1 aromatic rings. The highest BCUT2D eigenvalue weighted by Gasteiger charge is 2.20. The molecule has 0 aliphatic heterocycles. The summed E-state index contributed by atoms with van der Waals surface area (Å²) in [6.07, 6.45) is 4.27. The Bertz CT molecular complexity index is 428. The van der Waals surface area contributed by atoms with Crippen LogP contribution in [0.2, 0.25) is 0 Å². The Hall–Kier alpha value is -1.01. The minimum absolute atomic E-state index is 0.277. The van der Waals surface area contributed by atoms with Crippen LogP contribution in [0.5, 0.6) is 0 Å². The largest absolute Gasteiger partial charge is 0.382 e. The topological polar surface area (TPSA) is 35.8 Å². The molecular weight excluding hydrogens is 276 g/mol. The van der Waals surface area contributed by atoms with Crippen molar-refractivity contribution in [1.29, 1.82) is 5.26 Å². The quantitative estimate of drug-likeness (QED) is 0.884. The molecule has 17 heavy (non-hydrogen) atoms. The zero-order valence-electron chi connectivity index (χ0n) is 10.0. The van der Waals surface area contributed by atoms with Crippen molar-refractivity contribution in [2.45, 2.75) is 38.6 Å². The van der Waals surface area contributed by atoms with Crippen LogP contribution in [0.4, 0.5) is 5.69 Å². The van der Waals surface area contributed by atoms with Crippen molar-refractivity contribution >= 4 is 21.6 Å². The second-order valence-electron chi connectivity index (χ2n) is 4.78. The van der Waals surface area contributed by atoms with Crippen LogP contribution < -0.4 is 5.32 Å². The van der Waals surface area contributed by atoms with Gasteiger partial charge in [0.05, 0.1) is 6.07 Å². The van der Waals surface area contributed by atoms with E-state index in [4.69, 9.17) is 5.26 Å². The Labute approximate surface area is 111 Å². The van der Waals surface area contributed by atoms with Gasteiger partial charge in [0.2, 0.25) is 0 Å². The van der Waals surface area contributed by atoms with E-state index in [9.17, 15) is 0 Å². The van der Waals surface area contributed by atoms with E-state index in [-0.39, 0.29) is 5.92 Å². The van der Waals surface area contributed by atoms with E-state index >= 15 is 0 Å². The van der Waals surface area contributed by atoms with Gasteiger partial charge in [-0.05, 0) is 56.4 Å². The summed E-state index contributed by atoms with van der Waals surface area (Å²) in [6, 6.07) is 9.22. The smallest absolute Gasteiger partial charge is 0.0655 e. The molecular formula is C14H17BrN2. The number of hydrogen-bond acceptors (Lipinski definition) is 2. The molecule has 1 aromatic carbocycles. The molecule has 2 rings (SSSR count). The molecule has 1 aliphatic rings. The summed E-state index contributed by atoms with van der Waals surface area (Å²) in [5.41, 5.74) is 2.48. The molecule has 0 atom stereocenters. The van der Waals surface area contributed by atoms with E-state index in [1.165, 1.54) is 11.3 Å². The van der Waals surface area contributed by atoms with Gasteiger partial charge in [-0.25, -0.2) is 0 Å². The van der Waals surface area contributed by atoms with Crippen LogP contribution in [0.15, 0.2) is 22.7 Å². The number of nitriles is 1. The van der Waals surface area contributed by atoms with E-state index < -0.39 is 0 Å². The Kier molecular flexibility index (Phi) is 4.06. The average molecular weight is 293 g/mol. The number of benzene rings is 1. The van der Waals surface area contributed by atoms with Crippen LogP contribution in [-0.2, 0) is 0 Å². The van der Waals surface area contributed by atoms with Gasteiger partial charge >= 0.3 is 0 Å². The number of hydrogen-bond donors (Lipinski definition) is 1. The van der Waals surface area contributed by atoms with Gasteiger partial charge in [0, 0.05) is 22.1 Å². The molecule has 0 amide bonds. The molecule has 1 saturated carbocycles. The van der Waals surface area contributed by atoms with Crippen molar-refractivity contribution in [3.8, 4) is 6.07 Å². The molecule has 0 heterocycles. The minimum atomic E-state index is 0.277. The maximum absolute atomic E-state index is 8.87. The van der Waals surface area contributed by atoms with Crippen molar-refractivity contribution in [3.05, 3.63) is 28.2 Å². The highest BCUT2D eigenvalue weighted by atomic mass is 79.9. The molecule has 1 N–H and O–H groups in total. The summed E-state index contributed by atoms with van der Waals surface area (Å²) >= 11 is 3.47. The summed E-state index contributed by atoms with van der Waals surface area (Å²) < 4.78 is 1.12. The van der Waals surface area contributed by atoms with Crippen LogP contribution in [-0.4, -0.2) is 6.04 Å². The van der Waals surface area contributed by atoms with Gasteiger partial charge in [0.15, 0.2) is 0 Å². The van der Waals surface area contributed by atoms with Crippen molar-refractivity contribution in [3.63, 3.8) is 0 Å². The van der Waals surface area contributed by atoms with Crippen molar-refractivity contribution in [2.24, 2.45) is 5.92 Å². The van der Waals surface area contributed by atoms with E-state index in [1.54, 1.807) is 0 Å². The summed E-state index contributed by atoms with van der Waals surface area (Å²) in [6.45, 7) is 2.12. The summed E-state index contributed by atoms with van der Waals surface area (Å²) in [5.74, 6) is 0.277. The van der Waals surface area contributed by atoms with Gasteiger partial charge in [0.25, 0.3) is 0 Å². The van der Waals surface area contributed by atoms with Gasteiger partial charge in [-0.1, -0.05) is 15.9 Å². The predicted octanol–water partition coefficient (Wildman–Crippen LogP) is 4.25. The first-order chi connectivity index (χ1) is 8.19. The Morgan fingerprint density at radius 3 is 2.59 bits per heavy atom. The van der Waals surface area contributed by atoms with E-state index in [0.29, 0.717) is 6.04 Å². The van der Waals surface area contributed by atoms with Crippen molar-refractivity contribution < 1.29 is 0 Å². The van der Waals surface area contributed by atoms with Crippen LogP contribution in [0, 0.1) is 24.2 Å². The number of aryl methyl sites for hydroxylation is 1. The number of halogens is 1. The zero-order chi connectivity index (χ0) is 12.3. The van der Waals surface area contributed by atoms with E-state index in [1.807, 2.05) is 0 Å². The molecule has 0 saturated heterocycles. The van der Waals surface area contributed by atoms with E-state index in [2.05, 4.69) is 52.4 Å². The lowest BCUT2D eigenvalue weighted by molar-refractivity contribution is 0.397. The third-order valence-corrected chi connectivity index (χ3v) is 3.95. The normalized spacial score (nSPS) is 24.1. The van der Waals surface area contributed by atoms with Crippen molar-refractivity contribution in [1.82, 2.24) is 0 Å². The number of rotatable bonds is 2. The number of anilines is 1. The summed E-state index contributed by atoms with van der Waals surface area (Å²) in [4.78, 5) is 0. The van der Waals surface area contributed by atoms with Crippen LogP contribution in [0.1, 0.15) is 31.2 Å². The van der Waals surface area contributed by atoms with Crippen LogP contribution in [0.25, 0.3) is 0 Å². The third kappa shape index (κ3) is 3.23. The van der Waals surface area contributed by atoms with Gasteiger partial charge < -0.3 is 5.32 Å². The average Bonchev–Trinajstić information content (AvgIpc) is 2.34. The molecule has 3 heteroatoms. The van der Waals surface area contributed by atoms with E-state index in [0.717, 1.165) is 30.2 Å².